The summed E-state index contributed by atoms with van der Waals surface area (Å²) in [6, 6.07) is 0.330. The third-order valence-corrected chi connectivity index (χ3v) is 3.46. The van der Waals surface area contributed by atoms with Gasteiger partial charge in [0, 0.05) is 18.4 Å². The Morgan fingerprint density at radius 1 is 1.56 bits per heavy atom. The van der Waals surface area contributed by atoms with Crippen LogP contribution in [0.2, 0.25) is 0 Å². The van der Waals surface area contributed by atoms with Gasteiger partial charge < -0.3 is 10.3 Å². The van der Waals surface area contributed by atoms with Crippen LogP contribution in [0.5, 0.6) is 0 Å². The number of aromatic amines is 1. The lowest BCUT2D eigenvalue weighted by Crippen LogP contribution is -2.42. The average molecular weight is 221 g/mol. The molecule has 0 aromatic carbocycles. The van der Waals surface area contributed by atoms with E-state index in [0.29, 0.717) is 17.8 Å². The van der Waals surface area contributed by atoms with Gasteiger partial charge in [0.2, 0.25) is 0 Å². The van der Waals surface area contributed by atoms with Gasteiger partial charge in [-0.25, -0.2) is 4.98 Å². The molecule has 1 aromatic rings. The first-order valence-corrected chi connectivity index (χ1v) is 6.11. The fourth-order valence-corrected chi connectivity index (χ4v) is 2.51. The molecule has 0 aliphatic heterocycles. The molecule has 4 heteroatoms. The summed E-state index contributed by atoms with van der Waals surface area (Å²) < 4.78 is 0. The van der Waals surface area contributed by atoms with E-state index in [4.69, 9.17) is 0 Å². The number of carbonyl (C=O) groups excluding carboxylic acids is 1. The van der Waals surface area contributed by atoms with Crippen molar-refractivity contribution in [1.29, 1.82) is 0 Å². The highest BCUT2D eigenvalue weighted by molar-refractivity contribution is 5.90. The Balaban J connectivity index is 1.95. The molecule has 2 rings (SSSR count). The normalized spacial score (nSPS) is 25.3. The average Bonchev–Trinajstić information content (AvgIpc) is 2.83. The van der Waals surface area contributed by atoms with Crippen LogP contribution in [0.3, 0.4) is 0 Å². The molecular formula is C12H19N3O. The van der Waals surface area contributed by atoms with Crippen molar-refractivity contribution >= 4 is 5.91 Å². The fraction of sp³-hybridized carbons (Fsp3) is 0.667. The summed E-state index contributed by atoms with van der Waals surface area (Å²) in [5, 5.41) is 3.09. The van der Waals surface area contributed by atoms with Gasteiger partial charge in [-0.05, 0) is 18.8 Å². The Labute approximate surface area is 95.9 Å². The van der Waals surface area contributed by atoms with Gasteiger partial charge >= 0.3 is 0 Å². The van der Waals surface area contributed by atoms with Gasteiger partial charge in [-0.15, -0.1) is 0 Å². The van der Waals surface area contributed by atoms with Crippen molar-refractivity contribution in [3.63, 3.8) is 0 Å². The number of rotatable bonds is 3. The van der Waals surface area contributed by atoms with Crippen LogP contribution in [0.1, 0.15) is 49.6 Å². The maximum absolute atomic E-state index is 11.8. The number of aromatic nitrogens is 2. The summed E-state index contributed by atoms with van der Waals surface area (Å²) in [5.41, 5.74) is 0. The number of hydrogen-bond acceptors (Lipinski definition) is 2. The third kappa shape index (κ3) is 2.43. The fourth-order valence-electron chi connectivity index (χ4n) is 2.51. The Hall–Kier alpha value is -1.32. The largest absolute Gasteiger partial charge is 0.346 e. The van der Waals surface area contributed by atoms with Crippen molar-refractivity contribution in [2.45, 2.75) is 45.1 Å². The monoisotopic (exact) mass is 221 g/mol. The standard InChI is InChI=1S/C12H19N3O/c1-2-9-5-3-4-6-10(9)15-12(16)11-13-7-8-14-11/h7-10H,2-6H2,1H3,(H,13,14)(H,15,16)/t9-,10+/m0/s1. The van der Waals surface area contributed by atoms with Crippen LogP contribution in [0.25, 0.3) is 0 Å². The number of imidazole rings is 1. The minimum atomic E-state index is -0.0737. The highest BCUT2D eigenvalue weighted by Crippen LogP contribution is 2.26. The number of nitrogens with one attached hydrogen (secondary N) is 2. The Kier molecular flexibility index (Phi) is 3.59. The van der Waals surface area contributed by atoms with Crippen LogP contribution in [-0.2, 0) is 0 Å². The molecule has 0 spiro atoms. The molecule has 0 radical (unpaired) electrons. The zero-order valence-corrected chi connectivity index (χ0v) is 9.70. The molecule has 1 aromatic heterocycles. The van der Waals surface area contributed by atoms with Crippen molar-refractivity contribution in [3.8, 4) is 0 Å². The molecular weight excluding hydrogens is 202 g/mol. The topological polar surface area (TPSA) is 57.8 Å². The maximum atomic E-state index is 11.8. The first-order chi connectivity index (χ1) is 7.81. The van der Waals surface area contributed by atoms with Crippen LogP contribution >= 0.6 is 0 Å². The molecule has 16 heavy (non-hydrogen) atoms. The van der Waals surface area contributed by atoms with E-state index in [1.54, 1.807) is 12.4 Å². The molecule has 2 N–H and O–H groups in total. The van der Waals surface area contributed by atoms with Crippen molar-refractivity contribution in [2.24, 2.45) is 5.92 Å². The zero-order valence-electron chi connectivity index (χ0n) is 9.70. The van der Waals surface area contributed by atoms with Gasteiger partial charge in [-0.2, -0.15) is 0 Å². The van der Waals surface area contributed by atoms with E-state index < -0.39 is 0 Å². The molecule has 1 fully saturated rings. The van der Waals surface area contributed by atoms with Crippen molar-refractivity contribution in [3.05, 3.63) is 18.2 Å². The van der Waals surface area contributed by atoms with Crippen molar-refractivity contribution < 1.29 is 4.79 Å². The van der Waals surface area contributed by atoms with E-state index in [2.05, 4.69) is 22.2 Å². The van der Waals surface area contributed by atoms with Gasteiger partial charge in [-0.3, -0.25) is 4.79 Å². The number of H-pyrrole nitrogens is 1. The van der Waals surface area contributed by atoms with E-state index in [9.17, 15) is 4.79 Å². The van der Waals surface area contributed by atoms with Crippen molar-refractivity contribution in [1.82, 2.24) is 15.3 Å². The number of nitrogens with zero attached hydrogens (tertiary/aromatic N) is 1. The molecule has 1 aliphatic carbocycles. The molecule has 0 saturated heterocycles. The smallest absolute Gasteiger partial charge is 0.287 e. The minimum absolute atomic E-state index is 0.0737. The predicted molar refractivity (Wildman–Crippen MR) is 62.1 cm³/mol. The third-order valence-electron chi connectivity index (χ3n) is 3.46. The Bertz CT molecular complexity index is 334. The van der Waals surface area contributed by atoms with Gasteiger partial charge in [0.25, 0.3) is 5.91 Å². The Morgan fingerprint density at radius 3 is 3.06 bits per heavy atom. The SMILES string of the molecule is CC[C@H]1CCCC[C@H]1NC(=O)c1ncc[nH]1. The van der Waals surface area contributed by atoms with Gasteiger partial charge in [0.05, 0.1) is 0 Å². The van der Waals surface area contributed by atoms with Crippen LogP contribution in [0, 0.1) is 5.92 Å². The van der Waals surface area contributed by atoms with E-state index in [-0.39, 0.29) is 5.91 Å². The summed E-state index contributed by atoms with van der Waals surface area (Å²) in [5.74, 6) is 0.975. The van der Waals surface area contributed by atoms with Crippen molar-refractivity contribution in [2.75, 3.05) is 0 Å². The molecule has 4 nitrogen and oxygen atoms in total. The van der Waals surface area contributed by atoms with Crippen LogP contribution in [-0.4, -0.2) is 21.9 Å². The van der Waals surface area contributed by atoms with E-state index in [0.717, 1.165) is 12.8 Å². The lowest BCUT2D eigenvalue weighted by molar-refractivity contribution is 0.0895. The summed E-state index contributed by atoms with van der Waals surface area (Å²) in [6.07, 6.45) is 9.28. The van der Waals surface area contributed by atoms with Crippen LogP contribution in [0.15, 0.2) is 12.4 Å². The second-order valence-electron chi connectivity index (χ2n) is 4.47. The molecule has 0 unspecified atom stereocenters. The first-order valence-electron chi connectivity index (χ1n) is 6.11. The van der Waals surface area contributed by atoms with Gasteiger partial charge in [-0.1, -0.05) is 26.2 Å². The highest BCUT2D eigenvalue weighted by atomic mass is 16.2. The summed E-state index contributed by atoms with van der Waals surface area (Å²) >= 11 is 0. The highest BCUT2D eigenvalue weighted by Gasteiger charge is 2.25. The van der Waals surface area contributed by atoms with E-state index in [1.165, 1.54) is 19.3 Å². The van der Waals surface area contributed by atoms with Gasteiger partial charge in [0.1, 0.15) is 0 Å². The molecule has 1 amide bonds. The molecule has 1 aliphatic rings. The Morgan fingerprint density at radius 2 is 2.38 bits per heavy atom. The number of hydrogen-bond donors (Lipinski definition) is 2. The molecule has 1 heterocycles. The predicted octanol–water partition coefficient (Wildman–Crippen LogP) is 2.11. The minimum Gasteiger partial charge on any atom is -0.346 e. The maximum Gasteiger partial charge on any atom is 0.287 e. The van der Waals surface area contributed by atoms with Crippen LogP contribution in [0.4, 0.5) is 0 Å². The van der Waals surface area contributed by atoms with Gasteiger partial charge in [0.15, 0.2) is 5.82 Å². The molecule has 1 saturated carbocycles. The molecule has 88 valence electrons. The van der Waals surface area contributed by atoms with E-state index >= 15 is 0 Å². The summed E-state index contributed by atoms with van der Waals surface area (Å²) in [4.78, 5) is 18.6. The number of amides is 1. The lowest BCUT2D eigenvalue weighted by Gasteiger charge is -2.31. The lowest BCUT2D eigenvalue weighted by atomic mass is 9.83. The van der Waals surface area contributed by atoms with E-state index in [1.807, 2.05) is 0 Å². The number of carbonyl (C=O) groups is 1. The second kappa shape index (κ2) is 5.14. The second-order valence-corrected chi connectivity index (χ2v) is 4.47. The molecule has 2 atom stereocenters. The first kappa shape index (κ1) is 11.2. The summed E-state index contributed by atoms with van der Waals surface area (Å²) in [6.45, 7) is 2.20. The van der Waals surface area contributed by atoms with Crippen LogP contribution < -0.4 is 5.32 Å². The summed E-state index contributed by atoms with van der Waals surface area (Å²) in [7, 11) is 0. The molecule has 0 bridgehead atoms. The quantitative estimate of drug-likeness (QED) is 0.821. The zero-order chi connectivity index (χ0) is 11.4.